The molecule has 0 heterocycles. The summed E-state index contributed by atoms with van der Waals surface area (Å²) in [5, 5.41) is 0. The molecule has 1 rings (SSSR count). The van der Waals surface area contributed by atoms with Crippen LogP contribution in [-0.2, 0) is 6.42 Å². The summed E-state index contributed by atoms with van der Waals surface area (Å²) in [5.74, 6) is 0.951. The molecular formula is C13H20FN. The minimum Gasteiger partial charge on any atom is -0.330 e. The molecule has 0 amide bonds. The van der Waals surface area contributed by atoms with Crippen molar-refractivity contribution in [1.82, 2.24) is 0 Å². The van der Waals surface area contributed by atoms with Gasteiger partial charge in [0.1, 0.15) is 5.82 Å². The molecular weight excluding hydrogens is 189 g/mol. The van der Waals surface area contributed by atoms with Crippen molar-refractivity contribution in [2.75, 3.05) is 6.54 Å². The summed E-state index contributed by atoms with van der Waals surface area (Å²) in [4.78, 5) is 0. The number of hydrogen-bond acceptors (Lipinski definition) is 1. The van der Waals surface area contributed by atoms with Gasteiger partial charge in [-0.05, 0) is 48.9 Å². The Kier molecular flexibility index (Phi) is 4.76. The van der Waals surface area contributed by atoms with Gasteiger partial charge < -0.3 is 5.73 Å². The molecule has 0 fully saturated rings. The van der Waals surface area contributed by atoms with E-state index in [2.05, 4.69) is 13.8 Å². The fourth-order valence-corrected chi connectivity index (χ4v) is 1.93. The molecule has 2 heteroatoms. The van der Waals surface area contributed by atoms with Crippen LogP contribution in [-0.4, -0.2) is 6.54 Å². The van der Waals surface area contributed by atoms with E-state index in [1.54, 1.807) is 12.1 Å². The molecule has 84 valence electrons. The predicted octanol–water partition coefficient (Wildman–Crippen LogP) is 2.99. The normalized spacial score (nSPS) is 13.1. The van der Waals surface area contributed by atoms with Crippen LogP contribution in [0, 0.1) is 17.7 Å². The number of nitrogens with two attached hydrogens (primary N) is 1. The number of benzene rings is 1. The van der Waals surface area contributed by atoms with Crippen molar-refractivity contribution in [3.8, 4) is 0 Å². The van der Waals surface area contributed by atoms with Crippen LogP contribution in [0.3, 0.4) is 0 Å². The average Bonchev–Trinajstić information content (AvgIpc) is 2.16. The Bertz CT molecular complexity index is 296. The average molecular weight is 209 g/mol. The number of rotatable bonds is 5. The van der Waals surface area contributed by atoms with Gasteiger partial charge in [0.15, 0.2) is 0 Å². The van der Waals surface area contributed by atoms with Crippen molar-refractivity contribution in [3.05, 3.63) is 35.6 Å². The fraction of sp³-hybridized carbons (Fsp3) is 0.538. The van der Waals surface area contributed by atoms with Crippen LogP contribution in [0.4, 0.5) is 4.39 Å². The summed E-state index contributed by atoms with van der Waals surface area (Å²) in [6.45, 7) is 5.05. The molecule has 15 heavy (non-hydrogen) atoms. The summed E-state index contributed by atoms with van der Waals surface area (Å²) in [7, 11) is 0. The first-order valence-corrected chi connectivity index (χ1v) is 5.56. The zero-order valence-electron chi connectivity index (χ0n) is 9.54. The van der Waals surface area contributed by atoms with Crippen molar-refractivity contribution >= 4 is 0 Å². The van der Waals surface area contributed by atoms with E-state index in [0.717, 1.165) is 18.4 Å². The summed E-state index contributed by atoms with van der Waals surface area (Å²) in [5.41, 5.74) is 6.76. The lowest BCUT2D eigenvalue weighted by Crippen LogP contribution is -2.18. The molecule has 1 unspecified atom stereocenters. The Morgan fingerprint density at radius 1 is 1.33 bits per heavy atom. The van der Waals surface area contributed by atoms with E-state index >= 15 is 0 Å². The highest BCUT2D eigenvalue weighted by Gasteiger charge is 2.10. The highest BCUT2D eigenvalue weighted by Crippen LogP contribution is 2.16. The topological polar surface area (TPSA) is 26.0 Å². The maximum Gasteiger partial charge on any atom is 0.123 e. The zero-order chi connectivity index (χ0) is 11.3. The molecule has 0 aliphatic heterocycles. The molecule has 1 aromatic rings. The van der Waals surface area contributed by atoms with Gasteiger partial charge in [-0.1, -0.05) is 26.0 Å². The van der Waals surface area contributed by atoms with E-state index in [1.165, 1.54) is 6.07 Å². The lowest BCUT2D eigenvalue weighted by Gasteiger charge is -2.16. The van der Waals surface area contributed by atoms with Crippen LogP contribution >= 0.6 is 0 Å². The molecule has 0 spiro atoms. The molecule has 2 N–H and O–H groups in total. The second-order valence-electron chi connectivity index (χ2n) is 4.57. The van der Waals surface area contributed by atoms with E-state index in [0.29, 0.717) is 18.4 Å². The van der Waals surface area contributed by atoms with Crippen molar-refractivity contribution in [2.45, 2.75) is 26.7 Å². The van der Waals surface area contributed by atoms with Gasteiger partial charge in [-0.25, -0.2) is 4.39 Å². The van der Waals surface area contributed by atoms with Gasteiger partial charge in [-0.2, -0.15) is 0 Å². The van der Waals surface area contributed by atoms with Crippen molar-refractivity contribution in [2.24, 2.45) is 17.6 Å². The Morgan fingerprint density at radius 3 is 2.60 bits per heavy atom. The van der Waals surface area contributed by atoms with Gasteiger partial charge in [0.05, 0.1) is 0 Å². The smallest absolute Gasteiger partial charge is 0.123 e. The zero-order valence-corrected chi connectivity index (χ0v) is 9.54. The third kappa shape index (κ3) is 4.43. The minimum absolute atomic E-state index is 0.159. The third-order valence-corrected chi connectivity index (χ3v) is 2.55. The summed E-state index contributed by atoms with van der Waals surface area (Å²) < 4.78 is 13.0. The van der Waals surface area contributed by atoms with E-state index in [1.807, 2.05) is 6.07 Å². The Morgan fingerprint density at radius 2 is 2.07 bits per heavy atom. The van der Waals surface area contributed by atoms with E-state index < -0.39 is 0 Å². The monoisotopic (exact) mass is 209 g/mol. The van der Waals surface area contributed by atoms with Gasteiger partial charge >= 0.3 is 0 Å². The van der Waals surface area contributed by atoms with Crippen LogP contribution in [0.5, 0.6) is 0 Å². The second-order valence-corrected chi connectivity index (χ2v) is 4.57. The molecule has 0 aliphatic carbocycles. The second kappa shape index (κ2) is 5.86. The van der Waals surface area contributed by atoms with Crippen LogP contribution in [0.1, 0.15) is 25.8 Å². The molecule has 0 aliphatic rings. The molecule has 0 radical (unpaired) electrons. The first kappa shape index (κ1) is 12.2. The molecule has 0 aromatic heterocycles. The molecule has 1 aromatic carbocycles. The SMILES string of the molecule is CC(C)CC(CN)Cc1cccc(F)c1. The maximum atomic E-state index is 13.0. The highest BCUT2D eigenvalue weighted by molar-refractivity contribution is 5.16. The van der Waals surface area contributed by atoms with Gasteiger partial charge in [-0.3, -0.25) is 0 Å². The van der Waals surface area contributed by atoms with Gasteiger partial charge in [0.2, 0.25) is 0 Å². The summed E-state index contributed by atoms with van der Waals surface area (Å²) in [6, 6.07) is 6.80. The molecule has 1 atom stereocenters. The van der Waals surface area contributed by atoms with Crippen LogP contribution in [0.2, 0.25) is 0 Å². The highest BCUT2D eigenvalue weighted by atomic mass is 19.1. The largest absolute Gasteiger partial charge is 0.330 e. The van der Waals surface area contributed by atoms with Gasteiger partial charge in [0.25, 0.3) is 0 Å². The Labute approximate surface area is 91.5 Å². The molecule has 1 nitrogen and oxygen atoms in total. The van der Waals surface area contributed by atoms with Gasteiger partial charge in [-0.15, -0.1) is 0 Å². The van der Waals surface area contributed by atoms with Crippen molar-refractivity contribution < 1.29 is 4.39 Å². The van der Waals surface area contributed by atoms with E-state index in [-0.39, 0.29) is 5.82 Å². The Hall–Kier alpha value is -0.890. The van der Waals surface area contributed by atoms with Crippen LogP contribution in [0.15, 0.2) is 24.3 Å². The minimum atomic E-state index is -0.159. The molecule has 0 bridgehead atoms. The fourth-order valence-electron chi connectivity index (χ4n) is 1.93. The van der Waals surface area contributed by atoms with Crippen molar-refractivity contribution in [3.63, 3.8) is 0 Å². The molecule has 0 saturated heterocycles. The summed E-state index contributed by atoms with van der Waals surface area (Å²) >= 11 is 0. The van der Waals surface area contributed by atoms with E-state index in [9.17, 15) is 4.39 Å². The Balaban J connectivity index is 2.58. The van der Waals surface area contributed by atoms with Crippen LogP contribution in [0.25, 0.3) is 0 Å². The van der Waals surface area contributed by atoms with Crippen molar-refractivity contribution in [1.29, 1.82) is 0 Å². The van der Waals surface area contributed by atoms with E-state index in [4.69, 9.17) is 5.73 Å². The number of hydrogen-bond donors (Lipinski definition) is 1. The third-order valence-electron chi connectivity index (χ3n) is 2.55. The first-order valence-electron chi connectivity index (χ1n) is 5.56. The summed E-state index contributed by atoms with van der Waals surface area (Å²) in [6.07, 6.45) is 1.99. The first-order chi connectivity index (χ1) is 7.11. The lowest BCUT2D eigenvalue weighted by atomic mass is 9.91. The number of halogens is 1. The maximum absolute atomic E-state index is 13.0. The van der Waals surface area contributed by atoms with Crippen LogP contribution < -0.4 is 5.73 Å². The predicted molar refractivity (Wildman–Crippen MR) is 62.1 cm³/mol. The molecule has 0 saturated carbocycles. The quantitative estimate of drug-likeness (QED) is 0.792. The van der Waals surface area contributed by atoms with Gasteiger partial charge in [0, 0.05) is 0 Å². The standard InChI is InChI=1S/C13H20FN/c1-10(2)6-12(9-15)7-11-4-3-5-13(14)8-11/h3-5,8,10,12H,6-7,9,15H2,1-2H3. The lowest BCUT2D eigenvalue weighted by molar-refractivity contribution is 0.414.